The molecule has 0 aliphatic carbocycles. The number of ether oxygens (including phenoxy) is 2. The van der Waals surface area contributed by atoms with Crippen molar-refractivity contribution in [3.63, 3.8) is 0 Å². The maximum atomic E-state index is 12.0. The van der Waals surface area contributed by atoms with Gasteiger partial charge in [-0.3, -0.25) is 4.79 Å². The molecular weight excluding hydrogens is 268 g/mol. The summed E-state index contributed by atoms with van der Waals surface area (Å²) in [6.45, 7) is 5.64. The standard InChI is InChI=1S/C16H24N2O3/c1-16(2,8-9-17)7-6-14(19)18-10-12-4-3-5-13-15(12)21-11-20-13/h3-5H,6-11,17H2,1-2H3,(H,18,19). The third-order valence-corrected chi connectivity index (χ3v) is 3.80. The third kappa shape index (κ3) is 4.36. The fourth-order valence-electron chi connectivity index (χ4n) is 2.38. The van der Waals surface area contributed by atoms with E-state index in [0.29, 0.717) is 19.5 Å². The Labute approximate surface area is 125 Å². The zero-order valence-corrected chi connectivity index (χ0v) is 12.8. The summed E-state index contributed by atoms with van der Waals surface area (Å²) >= 11 is 0. The molecule has 1 aliphatic heterocycles. The zero-order valence-electron chi connectivity index (χ0n) is 12.8. The summed E-state index contributed by atoms with van der Waals surface area (Å²) in [6.07, 6.45) is 2.28. The highest BCUT2D eigenvalue weighted by atomic mass is 16.7. The molecule has 1 aromatic rings. The van der Waals surface area contributed by atoms with Gasteiger partial charge >= 0.3 is 0 Å². The maximum Gasteiger partial charge on any atom is 0.231 e. The summed E-state index contributed by atoms with van der Waals surface area (Å²) in [5.74, 6) is 1.53. The molecular formula is C16H24N2O3. The van der Waals surface area contributed by atoms with E-state index in [-0.39, 0.29) is 18.1 Å². The van der Waals surface area contributed by atoms with E-state index < -0.39 is 0 Å². The van der Waals surface area contributed by atoms with Gasteiger partial charge in [-0.15, -0.1) is 0 Å². The van der Waals surface area contributed by atoms with E-state index in [1.807, 2.05) is 18.2 Å². The fraction of sp³-hybridized carbons (Fsp3) is 0.562. The Morgan fingerprint density at radius 3 is 2.90 bits per heavy atom. The number of carbonyl (C=O) groups is 1. The smallest absolute Gasteiger partial charge is 0.231 e. The zero-order chi connectivity index (χ0) is 15.3. The lowest BCUT2D eigenvalue weighted by Crippen LogP contribution is -2.25. The minimum absolute atomic E-state index is 0.0524. The van der Waals surface area contributed by atoms with Crippen LogP contribution in [0.15, 0.2) is 18.2 Å². The number of amides is 1. The van der Waals surface area contributed by atoms with Crippen LogP contribution in [0, 0.1) is 5.41 Å². The molecule has 5 nitrogen and oxygen atoms in total. The van der Waals surface area contributed by atoms with Crippen molar-refractivity contribution in [1.29, 1.82) is 0 Å². The van der Waals surface area contributed by atoms with Gasteiger partial charge < -0.3 is 20.5 Å². The number of nitrogens with one attached hydrogen (secondary N) is 1. The topological polar surface area (TPSA) is 73.6 Å². The van der Waals surface area contributed by atoms with Gasteiger partial charge in [-0.25, -0.2) is 0 Å². The molecule has 3 N–H and O–H groups in total. The summed E-state index contributed by atoms with van der Waals surface area (Å²) < 4.78 is 10.7. The largest absolute Gasteiger partial charge is 0.454 e. The molecule has 0 bridgehead atoms. The maximum absolute atomic E-state index is 12.0. The van der Waals surface area contributed by atoms with Crippen molar-refractivity contribution in [2.45, 2.75) is 39.7 Å². The Balaban J connectivity index is 1.81. The van der Waals surface area contributed by atoms with Gasteiger partial charge in [0.05, 0.1) is 0 Å². The third-order valence-electron chi connectivity index (χ3n) is 3.80. The lowest BCUT2D eigenvalue weighted by molar-refractivity contribution is -0.121. The van der Waals surface area contributed by atoms with Crippen LogP contribution in [-0.2, 0) is 11.3 Å². The van der Waals surface area contributed by atoms with Crippen LogP contribution >= 0.6 is 0 Å². The van der Waals surface area contributed by atoms with Crippen molar-refractivity contribution < 1.29 is 14.3 Å². The summed E-state index contributed by atoms with van der Waals surface area (Å²) in [6, 6.07) is 5.70. The average molecular weight is 292 g/mol. The van der Waals surface area contributed by atoms with E-state index >= 15 is 0 Å². The van der Waals surface area contributed by atoms with Gasteiger partial charge in [0, 0.05) is 18.5 Å². The van der Waals surface area contributed by atoms with Crippen molar-refractivity contribution >= 4 is 5.91 Å². The minimum Gasteiger partial charge on any atom is -0.454 e. The first-order valence-corrected chi connectivity index (χ1v) is 7.36. The highest BCUT2D eigenvalue weighted by molar-refractivity contribution is 5.76. The fourth-order valence-corrected chi connectivity index (χ4v) is 2.38. The van der Waals surface area contributed by atoms with Gasteiger partial charge in [0.1, 0.15) is 0 Å². The number of nitrogens with two attached hydrogens (primary N) is 1. The number of carbonyl (C=O) groups excluding carboxylic acids is 1. The number of hydrogen-bond donors (Lipinski definition) is 2. The van der Waals surface area contributed by atoms with Gasteiger partial charge in [0.25, 0.3) is 0 Å². The van der Waals surface area contributed by atoms with E-state index in [0.717, 1.165) is 29.9 Å². The first-order valence-electron chi connectivity index (χ1n) is 7.36. The number of fused-ring (bicyclic) bond motifs is 1. The molecule has 1 amide bonds. The second-order valence-corrected chi connectivity index (χ2v) is 6.13. The molecule has 2 rings (SSSR count). The first kappa shape index (κ1) is 15.6. The minimum atomic E-state index is 0.0524. The Kier molecular flexibility index (Phi) is 5.07. The molecule has 21 heavy (non-hydrogen) atoms. The Bertz CT molecular complexity index is 500. The van der Waals surface area contributed by atoms with E-state index in [1.54, 1.807) is 0 Å². The summed E-state index contributed by atoms with van der Waals surface area (Å²) in [5, 5.41) is 2.94. The summed E-state index contributed by atoms with van der Waals surface area (Å²) in [7, 11) is 0. The summed E-state index contributed by atoms with van der Waals surface area (Å²) in [4.78, 5) is 12.0. The second kappa shape index (κ2) is 6.80. The van der Waals surface area contributed by atoms with Gasteiger partial charge in [0.2, 0.25) is 12.7 Å². The van der Waals surface area contributed by atoms with Crippen molar-refractivity contribution in [3.05, 3.63) is 23.8 Å². The SMILES string of the molecule is CC(C)(CCN)CCC(=O)NCc1cccc2c1OCO2. The highest BCUT2D eigenvalue weighted by Gasteiger charge is 2.19. The van der Waals surface area contributed by atoms with Crippen LogP contribution in [0.2, 0.25) is 0 Å². The van der Waals surface area contributed by atoms with E-state index in [9.17, 15) is 4.79 Å². The Hall–Kier alpha value is -1.75. The van der Waals surface area contributed by atoms with Crippen LogP contribution in [0.25, 0.3) is 0 Å². The highest BCUT2D eigenvalue weighted by Crippen LogP contribution is 2.35. The van der Waals surface area contributed by atoms with Crippen molar-refractivity contribution in [2.75, 3.05) is 13.3 Å². The van der Waals surface area contributed by atoms with Crippen LogP contribution in [-0.4, -0.2) is 19.2 Å². The van der Waals surface area contributed by atoms with Gasteiger partial charge in [-0.2, -0.15) is 0 Å². The molecule has 1 heterocycles. The van der Waals surface area contributed by atoms with Crippen molar-refractivity contribution in [1.82, 2.24) is 5.32 Å². The number of para-hydroxylation sites is 1. The molecule has 0 aromatic heterocycles. The molecule has 0 fully saturated rings. The predicted molar refractivity (Wildman–Crippen MR) is 81.1 cm³/mol. The van der Waals surface area contributed by atoms with Crippen LogP contribution in [0.3, 0.4) is 0 Å². The van der Waals surface area contributed by atoms with E-state index in [4.69, 9.17) is 15.2 Å². The van der Waals surface area contributed by atoms with E-state index in [1.165, 1.54) is 0 Å². The molecule has 0 radical (unpaired) electrons. The lowest BCUT2D eigenvalue weighted by atomic mass is 9.84. The molecule has 0 saturated carbocycles. The second-order valence-electron chi connectivity index (χ2n) is 6.13. The predicted octanol–water partition coefficient (Wildman–Crippen LogP) is 2.19. The molecule has 0 unspecified atom stereocenters. The van der Waals surface area contributed by atoms with Crippen LogP contribution in [0.4, 0.5) is 0 Å². The number of benzene rings is 1. The lowest BCUT2D eigenvalue weighted by Gasteiger charge is -2.23. The van der Waals surface area contributed by atoms with E-state index in [2.05, 4.69) is 19.2 Å². The van der Waals surface area contributed by atoms with Crippen molar-refractivity contribution in [3.8, 4) is 11.5 Å². The van der Waals surface area contributed by atoms with Gasteiger partial charge in [-0.05, 0) is 30.9 Å². The summed E-state index contributed by atoms with van der Waals surface area (Å²) in [5.41, 5.74) is 6.63. The molecule has 5 heteroatoms. The molecule has 0 spiro atoms. The van der Waals surface area contributed by atoms with Crippen LogP contribution < -0.4 is 20.5 Å². The van der Waals surface area contributed by atoms with Crippen LogP contribution in [0.1, 0.15) is 38.7 Å². The average Bonchev–Trinajstić information content (AvgIpc) is 2.92. The Morgan fingerprint density at radius 2 is 2.14 bits per heavy atom. The Morgan fingerprint density at radius 1 is 1.33 bits per heavy atom. The molecule has 116 valence electrons. The number of rotatable bonds is 7. The van der Waals surface area contributed by atoms with Crippen LogP contribution in [0.5, 0.6) is 11.5 Å². The number of hydrogen-bond acceptors (Lipinski definition) is 4. The monoisotopic (exact) mass is 292 g/mol. The normalized spacial score (nSPS) is 13.3. The van der Waals surface area contributed by atoms with Crippen molar-refractivity contribution in [2.24, 2.45) is 11.1 Å². The van der Waals surface area contributed by atoms with Gasteiger partial charge in [-0.1, -0.05) is 26.0 Å². The molecule has 1 aliphatic rings. The molecule has 1 aromatic carbocycles. The van der Waals surface area contributed by atoms with Gasteiger partial charge in [0.15, 0.2) is 11.5 Å². The molecule has 0 saturated heterocycles. The molecule has 0 atom stereocenters. The first-order chi connectivity index (χ1) is 10.0. The quantitative estimate of drug-likeness (QED) is 0.808.